The molecule has 0 saturated carbocycles. The van der Waals surface area contributed by atoms with Crippen LogP contribution in [0.15, 0.2) is 12.2 Å². The summed E-state index contributed by atoms with van der Waals surface area (Å²) < 4.78 is 32.6. The standard InChI is InChI=1S/C40H76NO10P/c1-3-5-7-9-11-13-15-17-18-20-21-23-25-27-29-31-38(42)48-33-36(34-49-52(46,47)50-35-37(41)40(44)45)51-39(43)32-30-28-26-24-22-19-16-14-12-10-8-6-4-2/h9,11,36-37H,3-8,10,12-35,41H2,1-2H3,(H,44,45)(H,46,47)/b11-9+/t36-,37+/m1/s1. The number of nitrogens with two attached hydrogens (primary N) is 1. The Morgan fingerprint density at radius 3 is 1.46 bits per heavy atom. The number of unbranched alkanes of at least 4 members (excludes halogenated alkanes) is 23. The molecule has 0 rings (SSSR count). The summed E-state index contributed by atoms with van der Waals surface area (Å²) in [5, 5.41) is 8.87. The maximum atomic E-state index is 12.6. The molecule has 12 heteroatoms. The van der Waals surface area contributed by atoms with Crippen LogP contribution in [0.25, 0.3) is 0 Å². The number of allylic oxidation sites excluding steroid dienone is 2. The van der Waals surface area contributed by atoms with E-state index in [1.165, 1.54) is 116 Å². The maximum absolute atomic E-state index is 12.6. The van der Waals surface area contributed by atoms with Gasteiger partial charge in [0.15, 0.2) is 6.10 Å². The van der Waals surface area contributed by atoms with Crippen molar-refractivity contribution in [3.8, 4) is 0 Å². The summed E-state index contributed by atoms with van der Waals surface area (Å²) in [5.74, 6) is -2.37. The van der Waals surface area contributed by atoms with E-state index in [9.17, 15) is 23.8 Å². The van der Waals surface area contributed by atoms with Gasteiger partial charge in [0, 0.05) is 12.8 Å². The third-order valence-electron chi connectivity index (χ3n) is 9.01. The molecule has 0 bridgehead atoms. The Labute approximate surface area is 316 Å². The highest BCUT2D eigenvalue weighted by Crippen LogP contribution is 2.43. The molecule has 0 radical (unpaired) electrons. The van der Waals surface area contributed by atoms with Crippen molar-refractivity contribution in [3.63, 3.8) is 0 Å². The van der Waals surface area contributed by atoms with Crippen LogP contribution in [-0.4, -0.2) is 59.9 Å². The molecule has 0 aliphatic heterocycles. The number of phosphoric ester groups is 1. The Balaban J connectivity index is 4.36. The average molecular weight is 762 g/mol. The molecule has 0 heterocycles. The number of esters is 2. The molecule has 0 spiro atoms. The summed E-state index contributed by atoms with van der Waals surface area (Å²) in [6.07, 6.45) is 34.1. The number of ether oxygens (including phenoxy) is 2. The van der Waals surface area contributed by atoms with Crippen molar-refractivity contribution in [2.75, 3.05) is 19.8 Å². The molecule has 0 saturated heterocycles. The van der Waals surface area contributed by atoms with Gasteiger partial charge in [0.05, 0.1) is 13.2 Å². The molecule has 52 heavy (non-hydrogen) atoms. The zero-order chi connectivity index (χ0) is 38.5. The topological polar surface area (TPSA) is 172 Å². The van der Waals surface area contributed by atoms with Crippen LogP contribution >= 0.6 is 7.82 Å². The number of carboxylic acids is 1. The minimum atomic E-state index is -4.71. The van der Waals surface area contributed by atoms with E-state index in [1.54, 1.807) is 0 Å². The van der Waals surface area contributed by atoms with Crippen LogP contribution < -0.4 is 5.73 Å². The van der Waals surface area contributed by atoms with E-state index in [0.717, 1.165) is 38.5 Å². The lowest BCUT2D eigenvalue weighted by atomic mass is 10.0. The molecule has 0 aliphatic carbocycles. The minimum Gasteiger partial charge on any atom is -0.480 e. The first-order chi connectivity index (χ1) is 25.1. The number of phosphoric acid groups is 1. The van der Waals surface area contributed by atoms with E-state index in [0.29, 0.717) is 12.8 Å². The monoisotopic (exact) mass is 762 g/mol. The van der Waals surface area contributed by atoms with Gasteiger partial charge in [0.25, 0.3) is 0 Å². The van der Waals surface area contributed by atoms with Gasteiger partial charge in [-0.25, -0.2) is 4.57 Å². The third-order valence-corrected chi connectivity index (χ3v) is 9.96. The Morgan fingerprint density at radius 1 is 0.577 bits per heavy atom. The second-order valence-corrected chi connectivity index (χ2v) is 15.6. The maximum Gasteiger partial charge on any atom is 0.472 e. The number of carboxylic acid groups (broad SMARTS) is 1. The van der Waals surface area contributed by atoms with Crippen molar-refractivity contribution < 1.29 is 47.5 Å². The van der Waals surface area contributed by atoms with Crippen molar-refractivity contribution >= 4 is 25.7 Å². The molecule has 0 amide bonds. The van der Waals surface area contributed by atoms with Crippen LogP contribution in [0.2, 0.25) is 0 Å². The predicted molar refractivity (Wildman–Crippen MR) is 208 cm³/mol. The summed E-state index contributed by atoms with van der Waals surface area (Å²) in [6, 6.07) is -1.52. The van der Waals surface area contributed by atoms with Gasteiger partial charge in [-0.3, -0.25) is 23.4 Å². The first-order valence-electron chi connectivity index (χ1n) is 20.7. The molecular weight excluding hydrogens is 685 g/mol. The van der Waals surface area contributed by atoms with Crippen LogP contribution in [0, 0.1) is 0 Å². The molecule has 0 aromatic rings. The number of carbonyl (C=O) groups is 3. The Morgan fingerprint density at radius 2 is 0.981 bits per heavy atom. The lowest BCUT2D eigenvalue weighted by Crippen LogP contribution is -2.34. The van der Waals surface area contributed by atoms with Gasteiger partial charge < -0.3 is 25.2 Å². The summed E-state index contributed by atoms with van der Waals surface area (Å²) in [7, 11) is -4.71. The normalized spacial score (nSPS) is 13.9. The van der Waals surface area contributed by atoms with Gasteiger partial charge in [-0.15, -0.1) is 0 Å². The number of carbonyl (C=O) groups excluding carboxylic acids is 2. The molecular formula is C40H76NO10P. The summed E-state index contributed by atoms with van der Waals surface area (Å²) >= 11 is 0. The highest BCUT2D eigenvalue weighted by Gasteiger charge is 2.28. The highest BCUT2D eigenvalue weighted by molar-refractivity contribution is 7.47. The molecule has 0 aromatic heterocycles. The fourth-order valence-corrected chi connectivity index (χ4v) is 6.47. The Hall–Kier alpha value is -1.78. The van der Waals surface area contributed by atoms with E-state index in [-0.39, 0.29) is 19.4 Å². The predicted octanol–water partition coefficient (Wildman–Crippen LogP) is 10.5. The second kappa shape index (κ2) is 36.2. The third kappa shape index (κ3) is 35.3. The van der Waals surface area contributed by atoms with E-state index in [1.807, 2.05) is 0 Å². The van der Waals surface area contributed by atoms with Crippen molar-refractivity contribution in [1.82, 2.24) is 0 Å². The molecule has 1 unspecified atom stereocenters. The molecule has 0 aliphatic rings. The number of rotatable bonds is 39. The fraction of sp³-hybridized carbons (Fsp3) is 0.875. The van der Waals surface area contributed by atoms with Crippen molar-refractivity contribution in [2.45, 2.75) is 206 Å². The molecule has 306 valence electrons. The van der Waals surface area contributed by atoms with Gasteiger partial charge in [-0.2, -0.15) is 0 Å². The van der Waals surface area contributed by atoms with Crippen LogP contribution in [0.4, 0.5) is 0 Å². The second-order valence-electron chi connectivity index (χ2n) is 14.1. The first-order valence-corrected chi connectivity index (χ1v) is 22.2. The highest BCUT2D eigenvalue weighted by atomic mass is 31.2. The molecule has 3 atom stereocenters. The van der Waals surface area contributed by atoms with E-state index >= 15 is 0 Å². The van der Waals surface area contributed by atoms with E-state index in [4.69, 9.17) is 24.8 Å². The molecule has 11 nitrogen and oxygen atoms in total. The minimum absolute atomic E-state index is 0.166. The summed E-state index contributed by atoms with van der Waals surface area (Å²) in [5.41, 5.74) is 5.32. The number of hydrogen-bond acceptors (Lipinski definition) is 9. The van der Waals surface area contributed by atoms with Gasteiger partial charge in [0.2, 0.25) is 0 Å². The van der Waals surface area contributed by atoms with Gasteiger partial charge in [-0.1, -0.05) is 161 Å². The zero-order valence-corrected chi connectivity index (χ0v) is 33.8. The van der Waals surface area contributed by atoms with Crippen molar-refractivity contribution in [1.29, 1.82) is 0 Å². The van der Waals surface area contributed by atoms with Crippen molar-refractivity contribution in [3.05, 3.63) is 12.2 Å². The largest absolute Gasteiger partial charge is 0.480 e. The smallest absolute Gasteiger partial charge is 0.472 e. The summed E-state index contributed by atoms with van der Waals surface area (Å²) in [4.78, 5) is 45.8. The van der Waals surface area contributed by atoms with Gasteiger partial charge in [-0.05, 0) is 32.1 Å². The van der Waals surface area contributed by atoms with Crippen molar-refractivity contribution in [2.24, 2.45) is 5.73 Å². The number of aliphatic carboxylic acids is 1. The molecule has 0 aromatic carbocycles. The van der Waals surface area contributed by atoms with Crippen LogP contribution in [0.3, 0.4) is 0 Å². The molecule has 4 N–H and O–H groups in total. The van der Waals surface area contributed by atoms with Gasteiger partial charge in [0.1, 0.15) is 12.6 Å². The van der Waals surface area contributed by atoms with Crippen LogP contribution in [0.1, 0.15) is 194 Å². The molecule has 0 fully saturated rings. The average Bonchev–Trinajstić information content (AvgIpc) is 3.12. The van der Waals surface area contributed by atoms with E-state index in [2.05, 4.69) is 30.5 Å². The lowest BCUT2D eigenvalue weighted by Gasteiger charge is -2.20. The Bertz CT molecular complexity index is 947. The zero-order valence-electron chi connectivity index (χ0n) is 32.9. The Kier molecular flexibility index (Phi) is 35.0. The first kappa shape index (κ1) is 50.2. The SMILES string of the molecule is CCCC/C=C/CCCCCCCCCCCC(=O)OC[C@H](COP(=O)(O)OC[C@H](N)C(=O)O)OC(=O)CCCCCCCCCCCCCCC. The lowest BCUT2D eigenvalue weighted by molar-refractivity contribution is -0.161. The number of hydrogen-bond donors (Lipinski definition) is 3. The van der Waals surface area contributed by atoms with Gasteiger partial charge >= 0.3 is 25.7 Å². The van der Waals surface area contributed by atoms with Crippen LogP contribution in [-0.2, 0) is 37.5 Å². The quantitative estimate of drug-likeness (QED) is 0.0235. The van der Waals surface area contributed by atoms with E-state index < -0.39 is 51.1 Å². The summed E-state index contributed by atoms with van der Waals surface area (Å²) in [6.45, 7) is 2.78. The fourth-order valence-electron chi connectivity index (χ4n) is 5.69. The van der Waals surface area contributed by atoms with Crippen LogP contribution in [0.5, 0.6) is 0 Å².